The van der Waals surface area contributed by atoms with Crippen molar-refractivity contribution >= 4 is 37.5 Å². The Balaban J connectivity index is 1.86. The second kappa shape index (κ2) is 9.39. The van der Waals surface area contributed by atoms with E-state index in [-0.39, 0.29) is 9.79 Å². The molecule has 0 aliphatic carbocycles. The normalized spacial score (nSPS) is 12.3. The molecule has 0 amide bonds. The lowest BCUT2D eigenvalue weighted by Crippen LogP contribution is -2.30. The van der Waals surface area contributed by atoms with Crippen molar-refractivity contribution in [3.8, 4) is 5.69 Å². The van der Waals surface area contributed by atoms with E-state index >= 15 is 0 Å². The molecule has 0 fully saturated rings. The van der Waals surface area contributed by atoms with Gasteiger partial charge in [-0.15, -0.1) is 10.2 Å². The van der Waals surface area contributed by atoms with Crippen LogP contribution >= 0.6 is 11.8 Å². The van der Waals surface area contributed by atoms with Gasteiger partial charge < -0.3 is 0 Å². The Morgan fingerprint density at radius 2 is 1.65 bits per heavy atom. The minimum Gasteiger partial charge on any atom is -0.280 e. The molecule has 3 aromatic rings. The molecule has 0 spiro atoms. The predicted molar refractivity (Wildman–Crippen MR) is 120 cm³/mol. The van der Waals surface area contributed by atoms with E-state index in [0.29, 0.717) is 29.6 Å². The van der Waals surface area contributed by atoms with E-state index < -0.39 is 20.0 Å². The van der Waals surface area contributed by atoms with Crippen LogP contribution in [0.2, 0.25) is 0 Å². The van der Waals surface area contributed by atoms with Crippen LogP contribution in [0.5, 0.6) is 0 Å². The molecule has 9 nitrogen and oxygen atoms in total. The summed E-state index contributed by atoms with van der Waals surface area (Å²) >= 11 is 1.42. The molecular formula is C19H23N5O4S3. The second-order valence-corrected chi connectivity index (χ2v) is 10.8. The second-order valence-electron chi connectivity index (χ2n) is 6.40. The lowest BCUT2D eigenvalue weighted by Gasteiger charge is -2.18. The highest BCUT2D eigenvalue weighted by atomic mass is 32.2. The Kier molecular flexibility index (Phi) is 7.04. The Hall–Kier alpha value is -2.41. The van der Waals surface area contributed by atoms with Gasteiger partial charge in [0.15, 0.2) is 5.16 Å². The third-order valence-electron chi connectivity index (χ3n) is 4.55. The number of nitrogens with one attached hydrogen (secondary N) is 1. The SMILES string of the molecule is CCN(CC)S(=O)(=O)c1ccc(S(=O)(=O)Nc2cccc(-n3cnnc3SC)c2)cc1. The fraction of sp³-hybridized carbons (Fsp3) is 0.263. The summed E-state index contributed by atoms with van der Waals surface area (Å²) in [6.45, 7) is 4.17. The first-order valence-electron chi connectivity index (χ1n) is 9.40. The predicted octanol–water partition coefficient (Wildman–Crippen LogP) is 2.82. The molecule has 1 N–H and O–H groups in total. The third-order valence-corrected chi connectivity index (χ3v) is 8.66. The van der Waals surface area contributed by atoms with E-state index in [9.17, 15) is 16.8 Å². The minimum absolute atomic E-state index is 0.0366. The largest absolute Gasteiger partial charge is 0.280 e. The molecule has 0 saturated carbocycles. The van der Waals surface area contributed by atoms with Crippen LogP contribution in [0, 0.1) is 0 Å². The summed E-state index contributed by atoms with van der Waals surface area (Å²) in [5, 5.41) is 8.55. The average molecular weight is 482 g/mol. The molecule has 0 bridgehead atoms. The van der Waals surface area contributed by atoms with E-state index in [1.807, 2.05) is 12.3 Å². The van der Waals surface area contributed by atoms with Gasteiger partial charge in [0.1, 0.15) is 6.33 Å². The Labute approximate surface area is 186 Å². The monoisotopic (exact) mass is 481 g/mol. The number of aromatic nitrogens is 3. The molecule has 1 aromatic heterocycles. The number of thioether (sulfide) groups is 1. The number of sulfonamides is 2. The molecule has 1 heterocycles. The van der Waals surface area contributed by atoms with Gasteiger partial charge in [-0.2, -0.15) is 4.31 Å². The van der Waals surface area contributed by atoms with Gasteiger partial charge in [0.25, 0.3) is 10.0 Å². The summed E-state index contributed by atoms with van der Waals surface area (Å²) in [7, 11) is -7.57. The molecule has 12 heteroatoms. The van der Waals surface area contributed by atoms with Gasteiger partial charge in [0, 0.05) is 13.1 Å². The van der Waals surface area contributed by atoms with Crippen LogP contribution in [0.4, 0.5) is 5.69 Å². The smallest absolute Gasteiger partial charge is 0.261 e. The maximum Gasteiger partial charge on any atom is 0.261 e. The van der Waals surface area contributed by atoms with Crippen molar-refractivity contribution < 1.29 is 16.8 Å². The van der Waals surface area contributed by atoms with Gasteiger partial charge in [-0.25, -0.2) is 16.8 Å². The Morgan fingerprint density at radius 1 is 1.00 bits per heavy atom. The van der Waals surface area contributed by atoms with Gasteiger partial charge in [0.2, 0.25) is 10.0 Å². The standard InChI is InChI=1S/C19H23N5O4S3/c1-4-23(5-2)31(27,28)18-11-9-17(10-12-18)30(25,26)22-15-7-6-8-16(13-15)24-14-20-21-19(24)29-3/h6-14,22H,4-5H2,1-3H3. The molecule has 0 radical (unpaired) electrons. The van der Waals surface area contributed by atoms with Crippen LogP contribution in [0.1, 0.15) is 13.8 Å². The fourth-order valence-electron chi connectivity index (χ4n) is 2.98. The molecule has 0 saturated heterocycles. The van der Waals surface area contributed by atoms with E-state index in [4.69, 9.17) is 0 Å². The van der Waals surface area contributed by atoms with Gasteiger partial charge in [-0.3, -0.25) is 9.29 Å². The zero-order chi connectivity index (χ0) is 22.6. The maximum atomic E-state index is 12.8. The number of rotatable bonds is 9. The molecule has 2 aromatic carbocycles. The zero-order valence-electron chi connectivity index (χ0n) is 17.3. The number of nitrogens with zero attached hydrogens (tertiary/aromatic N) is 4. The molecule has 0 atom stereocenters. The van der Waals surface area contributed by atoms with E-state index in [2.05, 4.69) is 14.9 Å². The summed E-state index contributed by atoms with van der Waals surface area (Å²) in [5.74, 6) is 0. The zero-order valence-corrected chi connectivity index (χ0v) is 19.7. The van der Waals surface area contributed by atoms with Crippen molar-refractivity contribution in [3.05, 3.63) is 54.9 Å². The lowest BCUT2D eigenvalue weighted by atomic mass is 10.3. The van der Waals surface area contributed by atoms with E-state index in [0.717, 1.165) is 0 Å². The van der Waals surface area contributed by atoms with Crippen LogP contribution < -0.4 is 4.72 Å². The summed E-state index contributed by atoms with van der Waals surface area (Å²) in [6.07, 6.45) is 3.42. The van der Waals surface area contributed by atoms with Crippen molar-refractivity contribution in [2.75, 3.05) is 24.1 Å². The van der Waals surface area contributed by atoms with Crippen molar-refractivity contribution in [2.24, 2.45) is 0 Å². The first kappa shape index (κ1) is 23.3. The van der Waals surface area contributed by atoms with Crippen LogP contribution in [0.25, 0.3) is 5.69 Å². The van der Waals surface area contributed by atoms with Crippen molar-refractivity contribution in [3.63, 3.8) is 0 Å². The van der Waals surface area contributed by atoms with Crippen LogP contribution in [0.3, 0.4) is 0 Å². The van der Waals surface area contributed by atoms with Gasteiger partial charge >= 0.3 is 0 Å². The molecular weight excluding hydrogens is 458 g/mol. The van der Waals surface area contributed by atoms with E-state index in [1.54, 1.807) is 42.9 Å². The Morgan fingerprint density at radius 3 is 2.26 bits per heavy atom. The first-order valence-corrected chi connectivity index (χ1v) is 13.5. The summed E-state index contributed by atoms with van der Waals surface area (Å²) in [6, 6.07) is 12.0. The summed E-state index contributed by atoms with van der Waals surface area (Å²) < 4.78 is 56.4. The minimum atomic E-state index is -3.91. The number of anilines is 1. The van der Waals surface area contributed by atoms with Crippen molar-refractivity contribution in [1.29, 1.82) is 0 Å². The van der Waals surface area contributed by atoms with Crippen LogP contribution in [-0.2, 0) is 20.0 Å². The van der Waals surface area contributed by atoms with Gasteiger partial charge in [0.05, 0.1) is 21.2 Å². The molecule has 3 rings (SSSR count). The van der Waals surface area contributed by atoms with Crippen molar-refractivity contribution in [2.45, 2.75) is 28.8 Å². The summed E-state index contributed by atoms with van der Waals surface area (Å²) in [4.78, 5) is 0.0138. The third kappa shape index (κ3) is 4.92. The highest BCUT2D eigenvalue weighted by Gasteiger charge is 2.23. The topological polar surface area (TPSA) is 114 Å². The first-order chi connectivity index (χ1) is 14.7. The highest BCUT2D eigenvalue weighted by molar-refractivity contribution is 7.98. The molecule has 0 aliphatic rings. The number of benzene rings is 2. The number of hydrogen-bond acceptors (Lipinski definition) is 7. The van der Waals surface area contributed by atoms with Gasteiger partial charge in [-0.1, -0.05) is 31.7 Å². The van der Waals surface area contributed by atoms with E-state index in [1.165, 1.54) is 40.3 Å². The highest BCUT2D eigenvalue weighted by Crippen LogP contribution is 2.23. The lowest BCUT2D eigenvalue weighted by molar-refractivity contribution is 0.445. The van der Waals surface area contributed by atoms with Crippen LogP contribution in [0.15, 0.2) is 69.8 Å². The molecule has 31 heavy (non-hydrogen) atoms. The number of hydrogen-bond donors (Lipinski definition) is 1. The summed E-state index contributed by atoms with van der Waals surface area (Å²) in [5.41, 5.74) is 1.06. The van der Waals surface area contributed by atoms with Crippen LogP contribution in [-0.4, -0.2) is 55.3 Å². The quantitative estimate of drug-likeness (QED) is 0.467. The van der Waals surface area contributed by atoms with Crippen molar-refractivity contribution in [1.82, 2.24) is 19.1 Å². The van der Waals surface area contributed by atoms with Gasteiger partial charge in [-0.05, 0) is 48.7 Å². The maximum absolute atomic E-state index is 12.8. The average Bonchev–Trinajstić information content (AvgIpc) is 3.23. The molecule has 0 unspecified atom stereocenters. The molecule has 166 valence electrons. The Bertz CT molecular complexity index is 1250. The fourth-order valence-corrected chi connectivity index (χ4v) is 5.96. The molecule has 0 aliphatic heterocycles.